The van der Waals surface area contributed by atoms with Crippen LogP contribution in [0.1, 0.15) is 38.5 Å². The number of aliphatic hydroxyl groups is 1. The van der Waals surface area contributed by atoms with Gasteiger partial charge in [-0.05, 0) is 24.5 Å². The normalized spacial score (nSPS) is 18.4. The van der Waals surface area contributed by atoms with Crippen LogP contribution in [0.15, 0.2) is 24.3 Å². The third-order valence-electron chi connectivity index (χ3n) is 4.38. The first-order chi connectivity index (χ1) is 11.8. The van der Waals surface area contributed by atoms with E-state index < -0.39 is 30.2 Å². The smallest absolute Gasteiger partial charge is 0.404 e. The van der Waals surface area contributed by atoms with Crippen molar-refractivity contribution in [1.82, 2.24) is 0 Å². The molecule has 1 unspecified atom stereocenters. The van der Waals surface area contributed by atoms with Gasteiger partial charge >= 0.3 is 6.36 Å². The molecule has 1 aromatic rings. The molecule has 25 heavy (non-hydrogen) atoms. The van der Waals surface area contributed by atoms with Crippen molar-refractivity contribution in [1.29, 1.82) is 0 Å². The largest absolute Gasteiger partial charge is 0.573 e. The number of anilines is 1. The zero-order valence-electron chi connectivity index (χ0n) is 13.8. The van der Waals surface area contributed by atoms with Gasteiger partial charge in [-0.3, -0.25) is 4.79 Å². The van der Waals surface area contributed by atoms with Crippen LogP contribution in [0.3, 0.4) is 0 Å². The second-order valence-corrected chi connectivity index (χ2v) is 6.38. The molecule has 0 heterocycles. The Hall–Kier alpha value is -1.80. The fraction of sp³-hybridized carbons (Fsp3) is 0.588. The van der Waals surface area contributed by atoms with Crippen molar-refractivity contribution in [3.8, 4) is 5.75 Å². The number of hydrogen-bond donors (Lipinski definition) is 3. The molecule has 0 saturated heterocycles. The molecular weight excluding hydrogens is 337 g/mol. The third-order valence-corrected chi connectivity index (χ3v) is 4.38. The average molecular weight is 360 g/mol. The highest BCUT2D eigenvalue weighted by molar-refractivity contribution is 5.95. The minimum absolute atomic E-state index is 0.172. The van der Waals surface area contributed by atoms with Crippen molar-refractivity contribution >= 4 is 11.6 Å². The lowest BCUT2D eigenvalue weighted by molar-refractivity contribution is -0.274. The highest BCUT2D eigenvalue weighted by atomic mass is 19.4. The number of para-hydroxylation sites is 2. The van der Waals surface area contributed by atoms with E-state index in [1.54, 1.807) is 0 Å². The number of benzene rings is 1. The number of nitrogens with one attached hydrogen (secondary N) is 1. The number of hydrogen-bond acceptors (Lipinski definition) is 4. The van der Waals surface area contributed by atoms with Crippen molar-refractivity contribution in [2.24, 2.45) is 11.7 Å². The van der Waals surface area contributed by atoms with Crippen molar-refractivity contribution in [3.63, 3.8) is 0 Å². The number of amides is 1. The Bertz CT molecular complexity index is 575. The summed E-state index contributed by atoms with van der Waals surface area (Å²) < 4.78 is 41.1. The third kappa shape index (κ3) is 6.21. The summed E-state index contributed by atoms with van der Waals surface area (Å²) in [5, 5.41) is 12.4. The van der Waals surface area contributed by atoms with E-state index in [1.807, 2.05) is 0 Å². The van der Waals surface area contributed by atoms with Crippen LogP contribution in [0.5, 0.6) is 5.75 Å². The molecule has 4 N–H and O–H groups in total. The molecule has 140 valence electrons. The number of nitrogens with two attached hydrogens (primary N) is 1. The first-order valence-corrected chi connectivity index (χ1v) is 8.35. The first-order valence-electron chi connectivity index (χ1n) is 8.35. The number of ether oxygens (including phenoxy) is 1. The summed E-state index contributed by atoms with van der Waals surface area (Å²) in [4.78, 5) is 12.1. The minimum Gasteiger partial charge on any atom is -0.404 e. The van der Waals surface area contributed by atoms with E-state index in [0.29, 0.717) is 12.3 Å². The van der Waals surface area contributed by atoms with Gasteiger partial charge in [-0.15, -0.1) is 13.2 Å². The zero-order chi connectivity index (χ0) is 18.4. The van der Waals surface area contributed by atoms with Gasteiger partial charge in [0.25, 0.3) is 5.91 Å². The van der Waals surface area contributed by atoms with Crippen LogP contribution in [0.4, 0.5) is 18.9 Å². The van der Waals surface area contributed by atoms with Gasteiger partial charge in [-0.1, -0.05) is 44.2 Å². The Balaban J connectivity index is 1.96. The Morgan fingerprint density at radius 1 is 1.28 bits per heavy atom. The number of carbonyl (C=O) groups excluding carboxylic acids is 1. The number of rotatable bonds is 6. The molecule has 2 atom stereocenters. The molecule has 8 heteroatoms. The van der Waals surface area contributed by atoms with Gasteiger partial charge in [0.15, 0.2) is 5.75 Å². The van der Waals surface area contributed by atoms with Crippen molar-refractivity contribution in [3.05, 3.63) is 24.3 Å². The summed E-state index contributed by atoms with van der Waals surface area (Å²) in [6, 6.07) is 4.38. The maximum Gasteiger partial charge on any atom is 0.573 e. The number of aliphatic hydroxyl groups excluding tert-OH is 1. The highest BCUT2D eigenvalue weighted by Gasteiger charge is 2.33. The topological polar surface area (TPSA) is 84.6 Å². The zero-order valence-corrected chi connectivity index (χ0v) is 13.8. The molecule has 5 nitrogen and oxygen atoms in total. The van der Waals surface area contributed by atoms with Crippen molar-refractivity contribution in [2.75, 3.05) is 5.32 Å². The maximum absolute atomic E-state index is 12.4. The lowest BCUT2D eigenvalue weighted by Crippen LogP contribution is -2.44. The number of alkyl halides is 3. The lowest BCUT2D eigenvalue weighted by atomic mass is 9.84. The monoisotopic (exact) mass is 360 g/mol. The summed E-state index contributed by atoms with van der Waals surface area (Å²) in [5.74, 6) is -1.02. The van der Waals surface area contributed by atoms with Gasteiger partial charge in [-0.25, -0.2) is 0 Å². The number of carbonyl (C=O) groups is 1. The Morgan fingerprint density at radius 2 is 1.92 bits per heavy atom. The summed E-state index contributed by atoms with van der Waals surface area (Å²) in [6.45, 7) is 0. The summed E-state index contributed by atoms with van der Waals surface area (Å²) >= 11 is 0. The highest BCUT2D eigenvalue weighted by Crippen LogP contribution is 2.31. The fourth-order valence-corrected chi connectivity index (χ4v) is 3.12. The van der Waals surface area contributed by atoms with E-state index in [9.17, 15) is 23.1 Å². The molecule has 1 amide bonds. The van der Waals surface area contributed by atoms with E-state index in [4.69, 9.17) is 5.73 Å². The SMILES string of the molecule is N[C@H](CC1CCCCC1)C(O)C(=O)Nc1ccccc1OC(F)(F)F. The fourth-order valence-electron chi connectivity index (χ4n) is 3.12. The van der Waals surface area contributed by atoms with E-state index in [2.05, 4.69) is 10.1 Å². The molecule has 2 rings (SSSR count). The van der Waals surface area contributed by atoms with Crippen LogP contribution in [-0.2, 0) is 4.79 Å². The average Bonchev–Trinajstić information content (AvgIpc) is 2.55. The van der Waals surface area contributed by atoms with Gasteiger partial charge in [-0.2, -0.15) is 0 Å². The quantitative estimate of drug-likeness (QED) is 0.727. The van der Waals surface area contributed by atoms with Crippen molar-refractivity contribution in [2.45, 2.75) is 57.0 Å². The molecule has 1 fully saturated rings. The number of halogens is 3. The molecular formula is C17H23F3N2O3. The first kappa shape index (κ1) is 19.5. The predicted molar refractivity (Wildman–Crippen MR) is 86.9 cm³/mol. The molecule has 0 aromatic heterocycles. The second-order valence-electron chi connectivity index (χ2n) is 6.38. The van der Waals surface area contributed by atoms with Gasteiger partial charge in [0.1, 0.15) is 6.10 Å². The van der Waals surface area contributed by atoms with Crippen LogP contribution in [0.2, 0.25) is 0 Å². The molecule has 0 aliphatic heterocycles. The van der Waals surface area contributed by atoms with Crippen LogP contribution in [0.25, 0.3) is 0 Å². The van der Waals surface area contributed by atoms with Crippen LogP contribution in [0, 0.1) is 5.92 Å². The molecule has 1 saturated carbocycles. The second kappa shape index (κ2) is 8.53. The standard InChI is InChI=1S/C17H23F3N2O3/c18-17(19,20)25-14-9-5-4-8-13(14)22-16(24)15(23)12(21)10-11-6-2-1-3-7-11/h4-5,8-9,11-12,15,23H,1-3,6-7,10,21H2,(H,22,24)/t12-,15?/m1/s1. The Kier molecular flexibility index (Phi) is 6.66. The van der Waals surface area contributed by atoms with Crippen molar-refractivity contribution < 1.29 is 27.8 Å². The van der Waals surface area contributed by atoms with Gasteiger partial charge in [0.05, 0.1) is 5.69 Å². The van der Waals surface area contributed by atoms with E-state index >= 15 is 0 Å². The van der Waals surface area contributed by atoms with Crippen LogP contribution in [-0.4, -0.2) is 29.5 Å². The molecule has 0 spiro atoms. The molecule has 1 aliphatic rings. The Morgan fingerprint density at radius 3 is 2.56 bits per heavy atom. The lowest BCUT2D eigenvalue weighted by Gasteiger charge is -2.26. The summed E-state index contributed by atoms with van der Waals surface area (Å²) in [5.41, 5.74) is 5.75. The van der Waals surface area contributed by atoms with Gasteiger partial charge in [0.2, 0.25) is 0 Å². The minimum atomic E-state index is -4.88. The Labute approximate surface area is 144 Å². The predicted octanol–water partition coefficient (Wildman–Crippen LogP) is 3.18. The molecule has 1 aromatic carbocycles. The van der Waals surface area contributed by atoms with Gasteiger partial charge in [0, 0.05) is 6.04 Å². The van der Waals surface area contributed by atoms with Crippen LogP contribution >= 0.6 is 0 Å². The molecule has 1 aliphatic carbocycles. The van der Waals surface area contributed by atoms with Gasteiger partial charge < -0.3 is 20.9 Å². The van der Waals surface area contributed by atoms with E-state index in [-0.39, 0.29) is 5.69 Å². The molecule has 0 bridgehead atoms. The van der Waals surface area contributed by atoms with E-state index in [0.717, 1.165) is 31.7 Å². The van der Waals surface area contributed by atoms with E-state index in [1.165, 1.54) is 24.6 Å². The summed E-state index contributed by atoms with van der Waals surface area (Å²) in [7, 11) is 0. The summed E-state index contributed by atoms with van der Waals surface area (Å²) in [6.07, 6.45) is -0.421. The maximum atomic E-state index is 12.4. The van der Waals surface area contributed by atoms with Crippen LogP contribution < -0.4 is 15.8 Å². The molecule has 0 radical (unpaired) electrons.